The van der Waals surface area contributed by atoms with Crippen LogP contribution in [0, 0.1) is 11.3 Å². The first kappa shape index (κ1) is 16.6. The summed E-state index contributed by atoms with van der Waals surface area (Å²) in [5.74, 6) is 0.129. The van der Waals surface area contributed by atoms with E-state index in [0.29, 0.717) is 11.6 Å². The zero-order valence-corrected chi connectivity index (χ0v) is 12.1. The fourth-order valence-corrected chi connectivity index (χ4v) is 1.80. The number of anilines is 1. The quantitative estimate of drug-likeness (QED) is 0.850. The van der Waals surface area contributed by atoms with Crippen molar-refractivity contribution >= 4 is 23.4 Å². The Morgan fingerprint density at radius 1 is 1.17 bits per heavy atom. The monoisotopic (exact) mass is 340 g/mol. The predicted octanol–water partition coefficient (Wildman–Crippen LogP) is 4.84. The number of hydrogen-bond donors (Lipinski definition) is 1. The van der Waals surface area contributed by atoms with Crippen LogP contribution in [-0.4, -0.2) is 6.09 Å². The number of rotatable bonds is 2. The van der Waals surface area contributed by atoms with Crippen molar-refractivity contribution in [2.24, 2.45) is 0 Å². The minimum Gasteiger partial charge on any atom is -0.410 e. The molecule has 1 amide bonds. The summed E-state index contributed by atoms with van der Waals surface area (Å²) in [7, 11) is 0. The van der Waals surface area contributed by atoms with Crippen LogP contribution in [0.2, 0.25) is 5.02 Å². The fraction of sp³-hybridized carbons (Fsp3) is 0.0667. The molecule has 0 aliphatic rings. The van der Waals surface area contributed by atoms with E-state index in [2.05, 4.69) is 5.32 Å². The molecule has 0 saturated heterocycles. The first-order chi connectivity index (χ1) is 10.8. The van der Waals surface area contributed by atoms with Crippen molar-refractivity contribution in [1.82, 2.24) is 0 Å². The summed E-state index contributed by atoms with van der Waals surface area (Å²) in [6.07, 6.45) is -5.56. The number of carbonyl (C=O) groups excluding carboxylic acids is 1. The first-order valence-electron chi connectivity index (χ1n) is 6.15. The standard InChI is InChI=1S/C15H8ClF3N2O2/c16-12-6-3-10(15(17,18)19)7-13(12)21-14(22)23-11-4-1-9(8-20)2-5-11/h1-7H,(H,21,22). The van der Waals surface area contributed by atoms with E-state index in [4.69, 9.17) is 21.6 Å². The minimum absolute atomic E-state index is 0.0604. The highest BCUT2D eigenvalue weighted by molar-refractivity contribution is 6.33. The van der Waals surface area contributed by atoms with Crippen molar-refractivity contribution < 1.29 is 22.7 Å². The molecule has 23 heavy (non-hydrogen) atoms. The van der Waals surface area contributed by atoms with Gasteiger partial charge in [-0.1, -0.05) is 11.6 Å². The van der Waals surface area contributed by atoms with Gasteiger partial charge in [-0.25, -0.2) is 4.79 Å². The summed E-state index contributed by atoms with van der Waals surface area (Å²) >= 11 is 5.76. The largest absolute Gasteiger partial charge is 0.417 e. The number of ether oxygens (including phenoxy) is 1. The van der Waals surface area contributed by atoms with Crippen LogP contribution in [0.5, 0.6) is 5.75 Å². The van der Waals surface area contributed by atoms with Crippen LogP contribution >= 0.6 is 11.6 Å². The third kappa shape index (κ3) is 4.37. The number of nitrogens with zero attached hydrogens (tertiary/aromatic N) is 1. The molecular formula is C15H8ClF3N2O2. The second kappa shape index (κ2) is 6.58. The number of halogens is 4. The van der Waals surface area contributed by atoms with Crippen molar-refractivity contribution in [3.8, 4) is 11.8 Å². The minimum atomic E-state index is -4.56. The van der Waals surface area contributed by atoms with Crippen LogP contribution in [0.15, 0.2) is 42.5 Å². The van der Waals surface area contributed by atoms with Crippen LogP contribution in [0.3, 0.4) is 0 Å². The van der Waals surface area contributed by atoms with E-state index >= 15 is 0 Å². The Hall–Kier alpha value is -2.72. The molecule has 0 aromatic heterocycles. The Morgan fingerprint density at radius 2 is 1.83 bits per heavy atom. The van der Waals surface area contributed by atoms with E-state index in [9.17, 15) is 18.0 Å². The average molecular weight is 341 g/mol. The normalized spacial score (nSPS) is 10.7. The number of nitriles is 1. The van der Waals surface area contributed by atoms with Gasteiger partial charge in [-0.3, -0.25) is 5.32 Å². The number of carbonyl (C=O) groups is 1. The lowest BCUT2D eigenvalue weighted by Crippen LogP contribution is -2.17. The van der Waals surface area contributed by atoms with Crippen molar-refractivity contribution in [3.63, 3.8) is 0 Å². The van der Waals surface area contributed by atoms with Gasteiger partial charge in [-0.15, -0.1) is 0 Å². The van der Waals surface area contributed by atoms with Gasteiger partial charge in [0.2, 0.25) is 0 Å². The molecule has 0 bridgehead atoms. The van der Waals surface area contributed by atoms with Crippen LogP contribution in [0.1, 0.15) is 11.1 Å². The van der Waals surface area contributed by atoms with Gasteiger partial charge in [-0.05, 0) is 42.5 Å². The molecule has 0 heterocycles. The first-order valence-corrected chi connectivity index (χ1v) is 6.53. The molecule has 2 rings (SSSR count). The molecule has 4 nitrogen and oxygen atoms in total. The molecule has 2 aromatic rings. The average Bonchev–Trinajstić information content (AvgIpc) is 2.49. The maximum absolute atomic E-state index is 12.6. The van der Waals surface area contributed by atoms with Gasteiger partial charge < -0.3 is 4.74 Å². The molecule has 0 radical (unpaired) electrons. The van der Waals surface area contributed by atoms with Gasteiger partial charge in [0.25, 0.3) is 0 Å². The third-order valence-corrected chi connectivity index (χ3v) is 3.05. The zero-order chi connectivity index (χ0) is 17.0. The highest BCUT2D eigenvalue weighted by atomic mass is 35.5. The Morgan fingerprint density at radius 3 is 2.39 bits per heavy atom. The van der Waals surface area contributed by atoms with Crippen molar-refractivity contribution in [1.29, 1.82) is 5.26 Å². The van der Waals surface area contributed by atoms with E-state index in [1.807, 2.05) is 6.07 Å². The Bertz CT molecular complexity index is 768. The van der Waals surface area contributed by atoms with Gasteiger partial charge in [-0.2, -0.15) is 18.4 Å². The van der Waals surface area contributed by atoms with Crippen molar-refractivity contribution in [2.45, 2.75) is 6.18 Å². The molecule has 0 saturated carbocycles. The Kier molecular flexibility index (Phi) is 4.77. The molecular weight excluding hydrogens is 333 g/mol. The van der Waals surface area contributed by atoms with Crippen LogP contribution in [0.4, 0.5) is 23.7 Å². The van der Waals surface area contributed by atoms with Gasteiger partial charge in [0.05, 0.1) is 27.9 Å². The lowest BCUT2D eigenvalue weighted by molar-refractivity contribution is -0.137. The second-order valence-corrected chi connectivity index (χ2v) is 4.75. The highest BCUT2D eigenvalue weighted by Crippen LogP contribution is 2.33. The number of nitrogens with one attached hydrogen (secondary N) is 1. The Labute approximate surface area is 134 Å². The SMILES string of the molecule is N#Cc1ccc(OC(=O)Nc2cc(C(F)(F)F)ccc2Cl)cc1. The Balaban J connectivity index is 2.12. The number of alkyl halides is 3. The van der Waals surface area contributed by atoms with Gasteiger partial charge in [0.15, 0.2) is 0 Å². The van der Waals surface area contributed by atoms with Crippen molar-refractivity contribution in [2.75, 3.05) is 5.32 Å². The third-order valence-electron chi connectivity index (χ3n) is 2.72. The number of hydrogen-bond acceptors (Lipinski definition) is 3. The highest BCUT2D eigenvalue weighted by Gasteiger charge is 2.31. The van der Waals surface area contributed by atoms with Gasteiger partial charge in [0.1, 0.15) is 5.75 Å². The molecule has 0 unspecified atom stereocenters. The van der Waals surface area contributed by atoms with Gasteiger partial charge >= 0.3 is 12.3 Å². The summed E-state index contributed by atoms with van der Waals surface area (Å²) < 4.78 is 42.8. The summed E-state index contributed by atoms with van der Waals surface area (Å²) in [6, 6.07) is 10.1. The maximum atomic E-state index is 12.6. The molecule has 0 atom stereocenters. The summed E-state index contributed by atoms with van der Waals surface area (Å²) in [4.78, 5) is 11.7. The lowest BCUT2D eigenvalue weighted by atomic mass is 10.2. The number of amides is 1. The smallest absolute Gasteiger partial charge is 0.410 e. The molecule has 0 aliphatic carbocycles. The lowest BCUT2D eigenvalue weighted by Gasteiger charge is -2.11. The summed E-state index contributed by atoms with van der Waals surface area (Å²) in [5.41, 5.74) is -0.797. The molecule has 0 fully saturated rings. The fourth-order valence-electron chi connectivity index (χ4n) is 1.64. The second-order valence-electron chi connectivity index (χ2n) is 4.34. The molecule has 0 spiro atoms. The molecule has 8 heteroatoms. The van der Waals surface area contributed by atoms with E-state index in [1.165, 1.54) is 24.3 Å². The van der Waals surface area contributed by atoms with Crippen LogP contribution < -0.4 is 10.1 Å². The van der Waals surface area contributed by atoms with E-state index in [-0.39, 0.29) is 16.5 Å². The molecule has 1 N–H and O–H groups in total. The van der Waals surface area contributed by atoms with Crippen LogP contribution in [-0.2, 0) is 6.18 Å². The molecule has 2 aromatic carbocycles. The van der Waals surface area contributed by atoms with Crippen LogP contribution in [0.25, 0.3) is 0 Å². The number of benzene rings is 2. The van der Waals surface area contributed by atoms with E-state index in [0.717, 1.165) is 12.1 Å². The van der Waals surface area contributed by atoms with E-state index < -0.39 is 17.8 Å². The predicted molar refractivity (Wildman–Crippen MR) is 77.3 cm³/mol. The molecule has 118 valence electrons. The summed E-state index contributed by atoms with van der Waals surface area (Å²) in [6.45, 7) is 0. The molecule has 0 aliphatic heterocycles. The summed E-state index contributed by atoms with van der Waals surface area (Å²) in [5, 5.41) is 10.7. The van der Waals surface area contributed by atoms with Crippen molar-refractivity contribution in [3.05, 3.63) is 58.6 Å². The van der Waals surface area contributed by atoms with Gasteiger partial charge in [0, 0.05) is 0 Å². The topological polar surface area (TPSA) is 62.1 Å². The van der Waals surface area contributed by atoms with E-state index in [1.54, 1.807) is 0 Å². The maximum Gasteiger partial charge on any atom is 0.417 e. The zero-order valence-electron chi connectivity index (χ0n) is 11.3.